The maximum Gasteiger partial charge on any atom is 0.170 e. The van der Waals surface area contributed by atoms with Crippen molar-refractivity contribution in [1.29, 1.82) is 0 Å². The van der Waals surface area contributed by atoms with Gasteiger partial charge in [-0.1, -0.05) is 5.16 Å². The summed E-state index contributed by atoms with van der Waals surface area (Å²) in [6.45, 7) is 2.77. The molecule has 1 fully saturated rings. The molecule has 0 amide bonds. The summed E-state index contributed by atoms with van der Waals surface area (Å²) in [4.78, 5) is 0. The standard InChI is InChI=1S/C12H14N4O/c1-2-8(1)10-5-12(17-15-10)9-6-14-16-4-3-13-7-11(9)16/h5-6,8,13H,1-4,7H2. The predicted molar refractivity (Wildman–Crippen MR) is 61.4 cm³/mol. The largest absolute Gasteiger partial charge is 0.356 e. The van der Waals surface area contributed by atoms with Gasteiger partial charge in [-0.3, -0.25) is 4.68 Å². The molecule has 1 aliphatic heterocycles. The van der Waals surface area contributed by atoms with Crippen LogP contribution in [0.15, 0.2) is 16.8 Å². The van der Waals surface area contributed by atoms with Crippen molar-refractivity contribution in [1.82, 2.24) is 20.3 Å². The molecule has 0 radical (unpaired) electrons. The van der Waals surface area contributed by atoms with Crippen LogP contribution < -0.4 is 5.32 Å². The lowest BCUT2D eigenvalue weighted by Crippen LogP contribution is -2.28. The first-order valence-electron chi connectivity index (χ1n) is 6.14. The number of nitrogens with one attached hydrogen (secondary N) is 1. The van der Waals surface area contributed by atoms with Crippen LogP contribution in [0.4, 0.5) is 0 Å². The molecule has 0 saturated heterocycles. The van der Waals surface area contributed by atoms with Crippen LogP contribution in [0.3, 0.4) is 0 Å². The average Bonchev–Trinajstić information content (AvgIpc) is 2.95. The Labute approximate surface area is 98.8 Å². The van der Waals surface area contributed by atoms with E-state index in [9.17, 15) is 0 Å². The van der Waals surface area contributed by atoms with Gasteiger partial charge in [0.2, 0.25) is 0 Å². The van der Waals surface area contributed by atoms with Gasteiger partial charge >= 0.3 is 0 Å². The van der Waals surface area contributed by atoms with Crippen LogP contribution in [0.5, 0.6) is 0 Å². The maximum absolute atomic E-state index is 5.45. The molecule has 0 spiro atoms. The zero-order valence-electron chi connectivity index (χ0n) is 9.52. The number of rotatable bonds is 2. The molecule has 88 valence electrons. The van der Waals surface area contributed by atoms with Crippen molar-refractivity contribution in [2.75, 3.05) is 6.54 Å². The summed E-state index contributed by atoms with van der Waals surface area (Å²) in [5.41, 5.74) is 3.38. The SMILES string of the molecule is c1c(C2CC2)noc1-c1cnn2c1CNCC2. The Morgan fingerprint density at radius 3 is 3.24 bits per heavy atom. The molecule has 3 heterocycles. The fourth-order valence-corrected chi connectivity index (χ4v) is 2.37. The van der Waals surface area contributed by atoms with Gasteiger partial charge in [-0.2, -0.15) is 5.10 Å². The number of fused-ring (bicyclic) bond motifs is 1. The third-order valence-corrected chi connectivity index (χ3v) is 3.53. The lowest BCUT2D eigenvalue weighted by atomic mass is 10.1. The van der Waals surface area contributed by atoms with Crippen LogP contribution in [0.25, 0.3) is 11.3 Å². The number of hydrogen-bond acceptors (Lipinski definition) is 4. The van der Waals surface area contributed by atoms with Gasteiger partial charge in [-0.05, 0) is 12.8 Å². The average molecular weight is 230 g/mol. The number of hydrogen-bond donors (Lipinski definition) is 1. The monoisotopic (exact) mass is 230 g/mol. The Morgan fingerprint density at radius 2 is 2.35 bits per heavy atom. The zero-order chi connectivity index (χ0) is 11.2. The normalized spacial score (nSPS) is 19.3. The molecule has 0 unspecified atom stereocenters. The minimum absolute atomic E-state index is 0.636. The van der Waals surface area contributed by atoms with E-state index in [1.807, 2.05) is 10.9 Å². The van der Waals surface area contributed by atoms with Gasteiger partial charge in [0.15, 0.2) is 5.76 Å². The van der Waals surface area contributed by atoms with Gasteiger partial charge in [0.25, 0.3) is 0 Å². The van der Waals surface area contributed by atoms with E-state index in [1.165, 1.54) is 18.5 Å². The minimum Gasteiger partial charge on any atom is -0.356 e. The third kappa shape index (κ3) is 1.50. The van der Waals surface area contributed by atoms with E-state index in [2.05, 4.69) is 21.6 Å². The topological polar surface area (TPSA) is 55.9 Å². The van der Waals surface area contributed by atoms with Crippen molar-refractivity contribution in [2.24, 2.45) is 0 Å². The molecule has 2 aromatic rings. The molecule has 0 bridgehead atoms. The van der Waals surface area contributed by atoms with E-state index in [-0.39, 0.29) is 0 Å². The fraction of sp³-hybridized carbons (Fsp3) is 0.500. The fourth-order valence-electron chi connectivity index (χ4n) is 2.37. The van der Waals surface area contributed by atoms with Crippen molar-refractivity contribution < 1.29 is 4.52 Å². The maximum atomic E-state index is 5.45. The van der Waals surface area contributed by atoms with Crippen LogP contribution in [0.2, 0.25) is 0 Å². The van der Waals surface area contributed by atoms with Crippen molar-refractivity contribution in [2.45, 2.75) is 31.8 Å². The van der Waals surface area contributed by atoms with E-state index in [1.54, 1.807) is 0 Å². The van der Waals surface area contributed by atoms with Gasteiger partial charge < -0.3 is 9.84 Å². The molecule has 0 atom stereocenters. The van der Waals surface area contributed by atoms with E-state index in [0.717, 1.165) is 36.7 Å². The Balaban J connectivity index is 1.74. The zero-order valence-corrected chi connectivity index (χ0v) is 9.52. The summed E-state index contributed by atoms with van der Waals surface area (Å²) in [7, 11) is 0. The second-order valence-electron chi connectivity index (χ2n) is 4.80. The minimum atomic E-state index is 0.636. The second-order valence-corrected chi connectivity index (χ2v) is 4.80. The number of aromatic nitrogens is 3. The summed E-state index contributed by atoms with van der Waals surface area (Å²) >= 11 is 0. The molecule has 1 N–H and O–H groups in total. The van der Waals surface area contributed by atoms with Crippen molar-refractivity contribution in [3.63, 3.8) is 0 Å². The highest BCUT2D eigenvalue weighted by atomic mass is 16.5. The van der Waals surface area contributed by atoms with Crippen LogP contribution in [-0.4, -0.2) is 21.5 Å². The van der Waals surface area contributed by atoms with Crippen molar-refractivity contribution in [3.8, 4) is 11.3 Å². The van der Waals surface area contributed by atoms with Crippen LogP contribution >= 0.6 is 0 Å². The first-order chi connectivity index (χ1) is 8.42. The first-order valence-corrected chi connectivity index (χ1v) is 6.14. The lowest BCUT2D eigenvalue weighted by molar-refractivity contribution is 0.422. The van der Waals surface area contributed by atoms with Crippen molar-refractivity contribution in [3.05, 3.63) is 23.7 Å². The quantitative estimate of drug-likeness (QED) is 0.849. The molecule has 0 aromatic carbocycles. The second kappa shape index (κ2) is 3.43. The molecule has 2 aliphatic rings. The van der Waals surface area contributed by atoms with Gasteiger partial charge in [-0.25, -0.2) is 0 Å². The Hall–Kier alpha value is -1.62. The van der Waals surface area contributed by atoms with E-state index < -0.39 is 0 Å². The summed E-state index contributed by atoms with van der Waals surface area (Å²) in [5, 5.41) is 11.9. The molecule has 5 heteroatoms. The molecule has 5 nitrogen and oxygen atoms in total. The molecular weight excluding hydrogens is 216 g/mol. The summed E-state index contributed by atoms with van der Waals surface area (Å²) in [6.07, 6.45) is 4.39. The smallest absolute Gasteiger partial charge is 0.170 e. The molecule has 4 rings (SSSR count). The molecule has 1 saturated carbocycles. The van der Waals surface area contributed by atoms with E-state index >= 15 is 0 Å². The highest BCUT2D eigenvalue weighted by molar-refractivity contribution is 5.60. The summed E-state index contributed by atoms with van der Waals surface area (Å²) < 4.78 is 7.49. The van der Waals surface area contributed by atoms with Gasteiger partial charge in [0.05, 0.1) is 29.7 Å². The Bertz CT molecular complexity index is 553. The summed E-state index contributed by atoms with van der Waals surface area (Å²) in [5.74, 6) is 1.49. The summed E-state index contributed by atoms with van der Waals surface area (Å²) in [6, 6.07) is 2.07. The van der Waals surface area contributed by atoms with Crippen LogP contribution in [-0.2, 0) is 13.1 Å². The third-order valence-electron chi connectivity index (χ3n) is 3.53. The molecule has 1 aliphatic carbocycles. The molecular formula is C12H14N4O. The van der Waals surface area contributed by atoms with Crippen molar-refractivity contribution >= 4 is 0 Å². The highest BCUT2D eigenvalue weighted by Crippen LogP contribution is 2.40. The van der Waals surface area contributed by atoms with Gasteiger partial charge in [0, 0.05) is 25.1 Å². The Morgan fingerprint density at radius 1 is 1.41 bits per heavy atom. The van der Waals surface area contributed by atoms with E-state index in [4.69, 9.17) is 4.52 Å². The highest BCUT2D eigenvalue weighted by Gasteiger charge is 2.28. The predicted octanol–water partition coefficient (Wildman–Crippen LogP) is 1.52. The molecule has 2 aromatic heterocycles. The molecule has 17 heavy (non-hydrogen) atoms. The van der Waals surface area contributed by atoms with Gasteiger partial charge in [0.1, 0.15) is 0 Å². The van der Waals surface area contributed by atoms with E-state index in [0.29, 0.717) is 5.92 Å². The van der Waals surface area contributed by atoms with Crippen LogP contribution in [0.1, 0.15) is 30.1 Å². The first kappa shape index (κ1) is 9.41. The van der Waals surface area contributed by atoms with Gasteiger partial charge in [-0.15, -0.1) is 0 Å². The number of nitrogens with zero attached hydrogens (tertiary/aromatic N) is 3. The van der Waals surface area contributed by atoms with Crippen LogP contribution in [0, 0.1) is 0 Å². The lowest BCUT2D eigenvalue weighted by Gasteiger charge is -2.15. The Kier molecular flexibility index (Phi) is 1.90.